The molecule has 0 spiro atoms. The van der Waals surface area contributed by atoms with Crippen LogP contribution < -0.4 is 15.2 Å². The number of alkyl halides is 2. The molecule has 32 heavy (non-hydrogen) atoms. The van der Waals surface area contributed by atoms with Gasteiger partial charge in [-0.15, -0.1) is 24.8 Å². The van der Waals surface area contributed by atoms with Gasteiger partial charge in [0, 0.05) is 44.6 Å². The molecule has 0 bridgehead atoms. The number of rotatable bonds is 8. The van der Waals surface area contributed by atoms with Crippen LogP contribution in [0.1, 0.15) is 38.2 Å². The third-order valence-corrected chi connectivity index (χ3v) is 6.12. The van der Waals surface area contributed by atoms with Gasteiger partial charge in [-0.05, 0) is 50.6 Å². The van der Waals surface area contributed by atoms with E-state index in [1.54, 1.807) is 7.11 Å². The summed E-state index contributed by atoms with van der Waals surface area (Å²) in [5, 5.41) is 10.4. The summed E-state index contributed by atoms with van der Waals surface area (Å²) in [6.07, 6.45) is 1.05. The Morgan fingerprint density at radius 3 is 2.22 bits per heavy atom. The molecular weight excluding hydrogens is 463 g/mol. The smallest absolute Gasteiger partial charge is 0.250 e. The number of likely N-dealkylation sites (tertiary alicyclic amines) is 2. The van der Waals surface area contributed by atoms with Crippen LogP contribution >= 0.6 is 24.8 Å². The van der Waals surface area contributed by atoms with Gasteiger partial charge in [-0.2, -0.15) is 0 Å². The summed E-state index contributed by atoms with van der Waals surface area (Å²) >= 11 is 0. The molecule has 1 aromatic rings. The summed E-state index contributed by atoms with van der Waals surface area (Å²) in [5.74, 6) is -1.39. The molecule has 2 saturated heterocycles. The Morgan fingerprint density at radius 1 is 1.03 bits per heavy atom. The molecule has 186 valence electrons. The number of benzene rings is 1. The van der Waals surface area contributed by atoms with Crippen LogP contribution in [0, 0.1) is 0 Å². The number of methoxy groups -OCH3 is 1. The minimum Gasteiger partial charge on any atom is -0.493 e. The highest BCUT2D eigenvalue weighted by Crippen LogP contribution is 2.31. The van der Waals surface area contributed by atoms with E-state index >= 15 is 0 Å². The average Bonchev–Trinajstić information content (AvgIpc) is 2.70. The summed E-state index contributed by atoms with van der Waals surface area (Å²) in [5.41, 5.74) is 7.04. The van der Waals surface area contributed by atoms with Crippen molar-refractivity contribution in [2.75, 3.05) is 46.4 Å². The largest absolute Gasteiger partial charge is 0.493 e. The van der Waals surface area contributed by atoms with E-state index in [-0.39, 0.29) is 49.8 Å². The van der Waals surface area contributed by atoms with Crippen LogP contribution in [0.3, 0.4) is 0 Å². The van der Waals surface area contributed by atoms with Crippen molar-refractivity contribution in [2.24, 2.45) is 5.73 Å². The minimum atomic E-state index is -2.54. The predicted octanol–water partition coefficient (Wildman–Crippen LogP) is 3.32. The summed E-state index contributed by atoms with van der Waals surface area (Å²) < 4.78 is 37.9. The lowest BCUT2D eigenvalue weighted by atomic mass is 9.91. The van der Waals surface area contributed by atoms with E-state index in [0.717, 1.165) is 31.5 Å². The van der Waals surface area contributed by atoms with Crippen LogP contribution in [0.4, 0.5) is 8.78 Å². The van der Waals surface area contributed by atoms with Gasteiger partial charge in [0.25, 0.3) is 5.92 Å². The molecule has 2 aliphatic rings. The quantitative estimate of drug-likeness (QED) is 0.571. The Hall–Kier alpha value is -0.900. The first-order chi connectivity index (χ1) is 14.2. The van der Waals surface area contributed by atoms with E-state index in [4.69, 9.17) is 15.2 Å². The van der Waals surface area contributed by atoms with Gasteiger partial charge in [-0.1, -0.05) is 6.07 Å². The zero-order valence-corrected chi connectivity index (χ0v) is 20.5. The van der Waals surface area contributed by atoms with Crippen LogP contribution in [0.5, 0.6) is 11.5 Å². The van der Waals surface area contributed by atoms with Gasteiger partial charge in [0.15, 0.2) is 11.5 Å². The van der Waals surface area contributed by atoms with E-state index in [1.165, 1.54) is 0 Å². The van der Waals surface area contributed by atoms with Crippen molar-refractivity contribution in [3.05, 3.63) is 23.8 Å². The van der Waals surface area contributed by atoms with Gasteiger partial charge in [0.1, 0.15) is 12.7 Å². The van der Waals surface area contributed by atoms with Gasteiger partial charge in [0.2, 0.25) is 0 Å². The van der Waals surface area contributed by atoms with Crippen molar-refractivity contribution >= 4 is 24.8 Å². The minimum absolute atomic E-state index is 0. The second-order valence-electron chi connectivity index (χ2n) is 9.04. The molecule has 6 nitrogen and oxygen atoms in total. The zero-order chi connectivity index (χ0) is 21.8. The standard InChI is InChI=1S/C22H35F2N3O3.2ClH/c1-21(25)5-9-27(10-6-21)15-18(28)16-30-19-4-3-17(13-20(19)29-2)14-26-11-7-22(23,24)8-12-26;;/h3-4,13,18,28H,5-12,14-16,25H2,1-2H3;2*1H. The number of aliphatic hydroxyl groups is 1. The summed E-state index contributed by atoms with van der Waals surface area (Å²) in [6.45, 7) is 5.93. The van der Waals surface area contributed by atoms with Crippen molar-refractivity contribution in [1.82, 2.24) is 9.80 Å². The van der Waals surface area contributed by atoms with Gasteiger partial charge >= 0.3 is 0 Å². The number of halogens is 4. The Morgan fingerprint density at radius 2 is 1.62 bits per heavy atom. The fourth-order valence-electron chi connectivity index (χ4n) is 4.01. The molecule has 1 aromatic carbocycles. The molecule has 3 N–H and O–H groups in total. The molecule has 0 radical (unpaired) electrons. The maximum Gasteiger partial charge on any atom is 0.250 e. The van der Waals surface area contributed by atoms with Crippen LogP contribution in [0.15, 0.2) is 18.2 Å². The summed E-state index contributed by atoms with van der Waals surface area (Å²) in [4.78, 5) is 4.24. The van der Waals surface area contributed by atoms with Crippen LogP contribution in [-0.4, -0.2) is 78.9 Å². The van der Waals surface area contributed by atoms with Gasteiger partial charge in [-0.25, -0.2) is 8.78 Å². The molecule has 10 heteroatoms. The van der Waals surface area contributed by atoms with Gasteiger partial charge in [-0.3, -0.25) is 4.90 Å². The van der Waals surface area contributed by atoms with Gasteiger partial charge in [0.05, 0.1) is 7.11 Å². The number of piperidine rings is 2. The van der Waals surface area contributed by atoms with Crippen LogP contribution in [0.2, 0.25) is 0 Å². The lowest BCUT2D eigenvalue weighted by molar-refractivity contribution is -0.0566. The topological polar surface area (TPSA) is 71.2 Å². The van der Waals surface area contributed by atoms with Gasteiger partial charge < -0.3 is 25.2 Å². The van der Waals surface area contributed by atoms with E-state index < -0.39 is 12.0 Å². The number of ether oxygens (including phenoxy) is 2. The number of hydrogen-bond acceptors (Lipinski definition) is 6. The number of β-amino-alcohol motifs (C(OH)–C–C–N with tert-alkyl or cyclic N) is 1. The monoisotopic (exact) mass is 499 g/mol. The first kappa shape index (κ1) is 29.1. The Kier molecular flexibility index (Phi) is 11.4. The maximum atomic E-state index is 13.3. The predicted molar refractivity (Wildman–Crippen MR) is 127 cm³/mol. The van der Waals surface area contributed by atoms with Crippen LogP contribution in [-0.2, 0) is 6.54 Å². The number of hydrogen-bond donors (Lipinski definition) is 2. The molecule has 3 rings (SSSR count). The van der Waals surface area contributed by atoms with E-state index in [0.29, 0.717) is 37.7 Å². The van der Waals surface area contributed by atoms with Crippen LogP contribution in [0.25, 0.3) is 0 Å². The number of nitrogens with zero attached hydrogens (tertiary/aromatic N) is 2. The normalized spacial score (nSPS) is 21.7. The number of aliphatic hydroxyl groups excluding tert-OH is 1. The maximum absolute atomic E-state index is 13.3. The molecule has 1 atom stereocenters. The molecule has 1 unspecified atom stereocenters. The highest BCUT2D eigenvalue weighted by atomic mass is 35.5. The third-order valence-electron chi connectivity index (χ3n) is 6.12. The second-order valence-corrected chi connectivity index (χ2v) is 9.04. The first-order valence-electron chi connectivity index (χ1n) is 10.7. The zero-order valence-electron chi connectivity index (χ0n) is 18.9. The van der Waals surface area contributed by atoms with Crippen molar-refractivity contribution in [3.63, 3.8) is 0 Å². The first-order valence-corrected chi connectivity index (χ1v) is 10.7. The SMILES string of the molecule is COc1cc(CN2CCC(F)(F)CC2)ccc1OCC(O)CN1CCC(C)(N)CC1.Cl.Cl. The molecule has 2 aliphatic heterocycles. The Bertz CT molecular complexity index is 693. The third kappa shape index (κ3) is 8.80. The Balaban J connectivity index is 0.00000256. The highest BCUT2D eigenvalue weighted by Gasteiger charge is 2.33. The lowest BCUT2D eigenvalue weighted by Gasteiger charge is -2.37. The van der Waals surface area contributed by atoms with E-state index in [2.05, 4.69) is 11.8 Å². The van der Waals surface area contributed by atoms with Crippen molar-refractivity contribution in [1.29, 1.82) is 0 Å². The van der Waals surface area contributed by atoms with Crippen molar-refractivity contribution < 1.29 is 23.4 Å². The number of nitrogens with two attached hydrogens (primary N) is 1. The van der Waals surface area contributed by atoms with Crippen molar-refractivity contribution in [3.8, 4) is 11.5 Å². The van der Waals surface area contributed by atoms with Crippen molar-refractivity contribution in [2.45, 2.75) is 56.7 Å². The molecule has 2 fully saturated rings. The lowest BCUT2D eigenvalue weighted by Crippen LogP contribution is -2.50. The summed E-state index contributed by atoms with van der Waals surface area (Å²) in [7, 11) is 1.57. The molecule has 0 aliphatic carbocycles. The fraction of sp³-hybridized carbons (Fsp3) is 0.727. The van der Waals surface area contributed by atoms with E-state index in [1.807, 2.05) is 23.1 Å². The Labute approximate surface area is 202 Å². The fourth-order valence-corrected chi connectivity index (χ4v) is 4.01. The molecular formula is C22H37Cl2F2N3O3. The summed E-state index contributed by atoms with van der Waals surface area (Å²) in [6, 6.07) is 5.62. The molecule has 0 aromatic heterocycles. The van der Waals surface area contributed by atoms with E-state index in [9.17, 15) is 13.9 Å². The second kappa shape index (κ2) is 12.5. The molecule has 0 saturated carbocycles. The molecule has 2 heterocycles. The highest BCUT2D eigenvalue weighted by molar-refractivity contribution is 5.85. The average molecular weight is 500 g/mol. The molecule has 0 amide bonds.